The number of aromatic hydroxyl groups is 1. The number of pyridine rings is 1. The smallest absolute Gasteiger partial charge is 0.176 e. The van der Waals surface area contributed by atoms with Gasteiger partial charge in [0.25, 0.3) is 0 Å². The lowest BCUT2D eigenvalue weighted by molar-refractivity contribution is 0.0988. The van der Waals surface area contributed by atoms with E-state index in [1.54, 1.807) is 18.3 Å². The van der Waals surface area contributed by atoms with Crippen LogP contribution >= 0.6 is 11.6 Å². The molecule has 1 N–H and O–H groups in total. The third-order valence-corrected chi connectivity index (χ3v) is 6.88. The average Bonchev–Trinajstić information content (AvgIpc) is 2.84. The van der Waals surface area contributed by atoms with Crippen LogP contribution in [-0.2, 0) is 0 Å². The minimum absolute atomic E-state index is 0.0764. The predicted molar refractivity (Wildman–Crippen MR) is 139 cm³/mol. The number of anilines is 1. The Labute approximate surface area is 206 Å². The van der Waals surface area contributed by atoms with Crippen molar-refractivity contribution in [1.29, 1.82) is 0 Å². The minimum atomic E-state index is -0.0764. The fourth-order valence-corrected chi connectivity index (χ4v) is 5.06. The van der Waals surface area contributed by atoms with E-state index in [0.29, 0.717) is 23.7 Å². The highest BCUT2D eigenvalue weighted by Gasteiger charge is 2.25. The number of hydrogen-bond acceptors (Lipinski definition) is 6. The van der Waals surface area contributed by atoms with Crippen molar-refractivity contribution >= 4 is 34.0 Å². The Morgan fingerprint density at radius 2 is 1.94 bits per heavy atom. The standard InChI is InChI=1S/C27H32ClN3O3/c1-5-24(32)21-15-29-23-7-6-18(19-13-22(28)27(33)25(14-19)34-4)12-20(23)26(21)31-10-8-17(9-11-31)16-30(2)3/h6-7,12-15,17,33H,5,8-11,16H2,1-4H3. The number of rotatable bonds is 7. The minimum Gasteiger partial charge on any atom is -0.503 e. The third kappa shape index (κ3) is 4.84. The van der Waals surface area contributed by atoms with Crippen LogP contribution in [0.3, 0.4) is 0 Å². The van der Waals surface area contributed by atoms with Crippen molar-refractivity contribution in [3.63, 3.8) is 0 Å². The lowest BCUT2D eigenvalue weighted by Crippen LogP contribution is -2.38. The average molecular weight is 482 g/mol. The Morgan fingerprint density at radius 3 is 2.59 bits per heavy atom. The first-order chi connectivity index (χ1) is 16.3. The number of carbonyl (C=O) groups is 1. The van der Waals surface area contributed by atoms with Gasteiger partial charge in [-0.2, -0.15) is 0 Å². The molecule has 6 nitrogen and oxygen atoms in total. The first-order valence-corrected chi connectivity index (χ1v) is 12.1. The summed E-state index contributed by atoms with van der Waals surface area (Å²) in [7, 11) is 5.74. The molecule has 0 spiro atoms. The number of halogens is 1. The summed E-state index contributed by atoms with van der Waals surface area (Å²) in [4.78, 5) is 22.1. The van der Waals surface area contributed by atoms with Gasteiger partial charge in [-0.05, 0) is 68.2 Å². The van der Waals surface area contributed by atoms with Crippen LogP contribution in [0.25, 0.3) is 22.0 Å². The van der Waals surface area contributed by atoms with E-state index in [0.717, 1.165) is 60.2 Å². The number of phenolic OH excluding ortho intramolecular Hbond substituents is 1. The van der Waals surface area contributed by atoms with Crippen LogP contribution < -0.4 is 9.64 Å². The van der Waals surface area contributed by atoms with Gasteiger partial charge >= 0.3 is 0 Å². The number of ketones is 1. The zero-order chi connectivity index (χ0) is 24.4. The molecule has 1 aliphatic rings. The van der Waals surface area contributed by atoms with E-state index in [1.807, 2.05) is 19.1 Å². The van der Waals surface area contributed by atoms with Crippen LogP contribution in [-0.4, -0.2) is 61.6 Å². The quantitative estimate of drug-likeness (QED) is 0.440. The van der Waals surface area contributed by atoms with Gasteiger partial charge in [-0.25, -0.2) is 0 Å². The Morgan fingerprint density at radius 1 is 1.21 bits per heavy atom. The number of benzene rings is 2. The third-order valence-electron chi connectivity index (χ3n) is 6.60. The van der Waals surface area contributed by atoms with E-state index in [1.165, 1.54) is 7.11 Å². The summed E-state index contributed by atoms with van der Waals surface area (Å²) in [6.07, 6.45) is 4.34. The van der Waals surface area contributed by atoms with Crippen LogP contribution in [0, 0.1) is 5.92 Å². The number of carbonyl (C=O) groups excluding carboxylic acids is 1. The maximum Gasteiger partial charge on any atom is 0.176 e. The predicted octanol–water partition coefficient (Wildman–Crippen LogP) is 5.64. The number of aromatic nitrogens is 1. The maximum atomic E-state index is 12.9. The molecular weight excluding hydrogens is 450 g/mol. The van der Waals surface area contributed by atoms with Gasteiger partial charge < -0.3 is 19.6 Å². The van der Waals surface area contributed by atoms with Crippen molar-refractivity contribution in [1.82, 2.24) is 9.88 Å². The van der Waals surface area contributed by atoms with Gasteiger partial charge in [0.05, 0.1) is 28.9 Å². The van der Waals surface area contributed by atoms with E-state index in [9.17, 15) is 9.90 Å². The molecule has 0 radical (unpaired) electrons. The van der Waals surface area contributed by atoms with Gasteiger partial charge in [-0.15, -0.1) is 0 Å². The Balaban J connectivity index is 1.81. The van der Waals surface area contributed by atoms with E-state index in [-0.39, 0.29) is 16.6 Å². The summed E-state index contributed by atoms with van der Waals surface area (Å²) in [5.74, 6) is 0.998. The number of hydrogen-bond donors (Lipinski definition) is 1. The molecule has 2 aromatic carbocycles. The molecule has 1 saturated heterocycles. The van der Waals surface area contributed by atoms with Crippen molar-refractivity contribution in [3.05, 3.63) is 47.1 Å². The second-order valence-electron chi connectivity index (χ2n) is 9.23. The Hall–Kier alpha value is -2.83. The lowest BCUT2D eigenvalue weighted by atomic mass is 9.93. The zero-order valence-electron chi connectivity index (χ0n) is 20.3. The molecule has 1 aromatic heterocycles. The van der Waals surface area contributed by atoms with Crippen molar-refractivity contribution in [2.24, 2.45) is 5.92 Å². The number of fused-ring (bicyclic) bond motifs is 1. The summed E-state index contributed by atoms with van der Waals surface area (Å²) >= 11 is 6.26. The molecule has 0 saturated carbocycles. The summed E-state index contributed by atoms with van der Waals surface area (Å²) in [6.45, 7) is 4.79. The molecule has 0 unspecified atom stereocenters. The van der Waals surface area contributed by atoms with Crippen molar-refractivity contribution in [2.45, 2.75) is 26.2 Å². The first-order valence-electron chi connectivity index (χ1n) is 11.7. The Kier molecular flexibility index (Phi) is 7.29. The van der Waals surface area contributed by atoms with E-state index in [4.69, 9.17) is 16.3 Å². The van der Waals surface area contributed by atoms with Crippen LogP contribution in [0.1, 0.15) is 36.5 Å². The molecule has 0 aliphatic carbocycles. The normalized spacial score (nSPS) is 14.7. The fourth-order valence-electron chi connectivity index (χ4n) is 4.85. The molecule has 34 heavy (non-hydrogen) atoms. The second kappa shape index (κ2) is 10.2. The van der Waals surface area contributed by atoms with Gasteiger partial charge in [0, 0.05) is 37.6 Å². The largest absolute Gasteiger partial charge is 0.503 e. The number of piperidine rings is 1. The second-order valence-corrected chi connectivity index (χ2v) is 9.64. The van der Waals surface area contributed by atoms with E-state index >= 15 is 0 Å². The summed E-state index contributed by atoms with van der Waals surface area (Å²) < 4.78 is 5.29. The van der Waals surface area contributed by atoms with E-state index in [2.05, 4.69) is 34.9 Å². The monoisotopic (exact) mass is 481 g/mol. The van der Waals surface area contributed by atoms with E-state index < -0.39 is 0 Å². The van der Waals surface area contributed by atoms with Gasteiger partial charge in [0.1, 0.15) is 0 Å². The molecule has 7 heteroatoms. The highest BCUT2D eigenvalue weighted by Crippen LogP contribution is 2.40. The zero-order valence-corrected chi connectivity index (χ0v) is 21.0. The van der Waals surface area contributed by atoms with Crippen molar-refractivity contribution in [3.8, 4) is 22.6 Å². The van der Waals surface area contributed by atoms with Gasteiger partial charge in [-0.1, -0.05) is 24.6 Å². The van der Waals surface area contributed by atoms with Crippen LogP contribution in [0.2, 0.25) is 5.02 Å². The number of phenols is 1. The SMILES string of the molecule is CCC(=O)c1cnc2ccc(-c3cc(Cl)c(O)c(OC)c3)cc2c1N1CCC(CN(C)C)CC1. The van der Waals surface area contributed by atoms with Crippen LogP contribution in [0.4, 0.5) is 5.69 Å². The van der Waals surface area contributed by atoms with Gasteiger partial charge in [0.15, 0.2) is 17.3 Å². The molecule has 2 heterocycles. The molecule has 180 valence electrons. The maximum absolute atomic E-state index is 12.9. The number of methoxy groups -OCH3 is 1. The highest BCUT2D eigenvalue weighted by molar-refractivity contribution is 6.32. The number of nitrogens with zero attached hydrogens (tertiary/aromatic N) is 3. The van der Waals surface area contributed by atoms with Gasteiger partial charge in [0.2, 0.25) is 0 Å². The first kappa shape index (κ1) is 24.3. The van der Waals surface area contributed by atoms with Crippen LogP contribution in [0.15, 0.2) is 36.5 Å². The van der Waals surface area contributed by atoms with Crippen LogP contribution in [0.5, 0.6) is 11.5 Å². The summed E-state index contributed by atoms with van der Waals surface area (Å²) in [5, 5.41) is 11.3. The molecule has 3 aromatic rings. The molecule has 1 fully saturated rings. The fraction of sp³-hybridized carbons (Fsp3) is 0.407. The Bertz CT molecular complexity index is 1200. The topological polar surface area (TPSA) is 65.9 Å². The number of ether oxygens (including phenoxy) is 1. The lowest BCUT2D eigenvalue weighted by Gasteiger charge is -2.36. The summed E-state index contributed by atoms with van der Waals surface area (Å²) in [6, 6.07) is 9.51. The molecule has 0 bridgehead atoms. The van der Waals surface area contributed by atoms with Gasteiger partial charge in [-0.3, -0.25) is 9.78 Å². The molecule has 0 amide bonds. The van der Waals surface area contributed by atoms with Crippen molar-refractivity contribution < 1.29 is 14.6 Å². The molecule has 4 rings (SSSR count). The molecule has 1 aliphatic heterocycles. The highest BCUT2D eigenvalue weighted by atomic mass is 35.5. The summed E-state index contributed by atoms with van der Waals surface area (Å²) in [5.41, 5.74) is 4.24. The molecule has 0 atom stereocenters. The molecular formula is C27H32ClN3O3. The van der Waals surface area contributed by atoms with Crippen molar-refractivity contribution in [2.75, 3.05) is 45.7 Å². The number of Topliss-reactive ketones (excluding diaryl/α,β-unsaturated/α-hetero) is 1.